The maximum atomic E-state index is 12.6. The molecule has 3 aromatic rings. The summed E-state index contributed by atoms with van der Waals surface area (Å²) in [6.07, 6.45) is 0.347. The Kier molecular flexibility index (Phi) is 8.54. The number of benzene rings is 3. The molecule has 0 unspecified atom stereocenters. The largest absolute Gasteiger partial charge is 0.467 e. The van der Waals surface area contributed by atoms with Crippen LogP contribution in [0.1, 0.15) is 11.1 Å². The zero-order valence-corrected chi connectivity index (χ0v) is 18.1. The molecular formula is C26H28N2O4. The summed E-state index contributed by atoms with van der Waals surface area (Å²) >= 11 is 0. The number of methoxy groups -OCH3 is 1. The molecule has 32 heavy (non-hydrogen) atoms. The number of carbonyl (C=O) groups excluding carboxylic acids is 2. The minimum atomic E-state index is -0.928. The van der Waals surface area contributed by atoms with Crippen molar-refractivity contribution in [2.24, 2.45) is 5.73 Å². The Balaban J connectivity index is 1.53. The fraction of sp³-hybridized carbons (Fsp3) is 0.231. The second kappa shape index (κ2) is 11.8. The van der Waals surface area contributed by atoms with Crippen LogP contribution in [0.5, 0.6) is 0 Å². The van der Waals surface area contributed by atoms with Crippen LogP contribution in [0.4, 0.5) is 0 Å². The Morgan fingerprint density at radius 1 is 0.844 bits per heavy atom. The van der Waals surface area contributed by atoms with E-state index in [0.29, 0.717) is 13.0 Å². The van der Waals surface area contributed by atoms with Crippen molar-refractivity contribution in [1.29, 1.82) is 0 Å². The highest BCUT2D eigenvalue weighted by molar-refractivity contribution is 5.87. The van der Waals surface area contributed by atoms with Crippen LogP contribution < -0.4 is 11.1 Å². The number of ether oxygens (including phenoxy) is 2. The normalized spacial score (nSPS) is 12.6. The summed E-state index contributed by atoms with van der Waals surface area (Å²) < 4.78 is 10.4. The Bertz CT molecular complexity index is 991. The first-order valence-electron chi connectivity index (χ1n) is 10.5. The molecule has 3 aromatic carbocycles. The second-order valence-corrected chi connectivity index (χ2v) is 7.46. The Hall–Kier alpha value is -3.48. The molecule has 0 saturated heterocycles. The van der Waals surface area contributed by atoms with Gasteiger partial charge in [0.15, 0.2) is 6.04 Å². The SMILES string of the molecule is COC(=O)[C@H](COCc1ccccc1)NC(=O)[C@@H](N)Cc1ccc(-c2ccccc2)cc1. The van der Waals surface area contributed by atoms with E-state index in [-0.39, 0.29) is 6.61 Å². The van der Waals surface area contributed by atoms with Crippen molar-refractivity contribution in [1.82, 2.24) is 5.32 Å². The van der Waals surface area contributed by atoms with Gasteiger partial charge in [-0.2, -0.15) is 0 Å². The Morgan fingerprint density at radius 2 is 1.44 bits per heavy atom. The van der Waals surface area contributed by atoms with Crippen LogP contribution in [0.25, 0.3) is 11.1 Å². The van der Waals surface area contributed by atoms with E-state index in [2.05, 4.69) is 5.32 Å². The lowest BCUT2D eigenvalue weighted by Gasteiger charge is -2.19. The van der Waals surface area contributed by atoms with Gasteiger partial charge in [0.05, 0.1) is 26.4 Å². The van der Waals surface area contributed by atoms with Gasteiger partial charge in [0.25, 0.3) is 0 Å². The standard InChI is InChI=1S/C26H28N2O4/c1-31-26(30)24(18-32-17-20-8-4-2-5-9-20)28-25(29)23(27)16-19-12-14-22(15-13-19)21-10-6-3-7-11-21/h2-15,23-24H,16-18,27H2,1H3,(H,28,29)/t23-,24-/m0/s1. The van der Waals surface area contributed by atoms with Crippen molar-refractivity contribution >= 4 is 11.9 Å². The van der Waals surface area contributed by atoms with Crippen LogP contribution in [-0.2, 0) is 32.1 Å². The zero-order valence-electron chi connectivity index (χ0n) is 18.1. The highest BCUT2D eigenvalue weighted by Gasteiger charge is 2.25. The van der Waals surface area contributed by atoms with Gasteiger partial charge in [-0.15, -0.1) is 0 Å². The minimum absolute atomic E-state index is 0.00813. The number of hydrogen-bond acceptors (Lipinski definition) is 5. The lowest BCUT2D eigenvalue weighted by molar-refractivity contribution is -0.147. The van der Waals surface area contributed by atoms with Crippen molar-refractivity contribution in [3.8, 4) is 11.1 Å². The quantitative estimate of drug-likeness (QED) is 0.481. The van der Waals surface area contributed by atoms with E-state index in [1.54, 1.807) is 0 Å². The molecule has 0 aromatic heterocycles. The Labute approximate surface area is 188 Å². The monoisotopic (exact) mass is 432 g/mol. The van der Waals surface area contributed by atoms with E-state index in [1.165, 1.54) is 7.11 Å². The average Bonchev–Trinajstić information content (AvgIpc) is 2.84. The minimum Gasteiger partial charge on any atom is -0.467 e. The first-order valence-corrected chi connectivity index (χ1v) is 10.5. The molecule has 3 rings (SSSR count). The smallest absolute Gasteiger partial charge is 0.330 e. The molecule has 3 N–H and O–H groups in total. The summed E-state index contributed by atoms with van der Waals surface area (Å²) in [6.45, 7) is 0.315. The number of carbonyl (C=O) groups is 2. The van der Waals surface area contributed by atoms with Crippen LogP contribution in [0.2, 0.25) is 0 Å². The van der Waals surface area contributed by atoms with Crippen molar-refractivity contribution in [3.05, 3.63) is 96.1 Å². The Morgan fingerprint density at radius 3 is 2.06 bits per heavy atom. The first kappa shape index (κ1) is 23.2. The molecule has 6 nitrogen and oxygen atoms in total. The van der Waals surface area contributed by atoms with Gasteiger partial charge in [0.2, 0.25) is 5.91 Å². The van der Waals surface area contributed by atoms with Gasteiger partial charge >= 0.3 is 5.97 Å². The topological polar surface area (TPSA) is 90.6 Å². The third-order valence-electron chi connectivity index (χ3n) is 5.05. The summed E-state index contributed by atoms with van der Waals surface area (Å²) in [4.78, 5) is 24.7. The van der Waals surface area contributed by atoms with Gasteiger partial charge in [-0.3, -0.25) is 4.79 Å². The summed E-state index contributed by atoms with van der Waals surface area (Å²) in [5, 5.41) is 2.65. The maximum absolute atomic E-state index is 12.6. The number of hydrogen-bond donors (Lipinski definition) is 2. The maximum Gasteiger partial charge on any atom is 0.330 e. The molecule has 0 bridgehead atoms. The third-order valence-corrected chi connectivity index (χ3v) is 5.05. The van der Waals surface area contributed by atoms with Gasteiger partial charge in [-0.1, -0.05) is 84.9 Å². The number of nitrogens with one attached hydrogen (secondary N) is 1. The summed E-state index contributed by atoms with van der Waals surface area (Å²) in [5.41, 5.74) is 10.2. The predicted molar refractivity (Wildman–Crippen MR) is 124 cm³/mol. The molecule has 166 valence electrons. The number of rotatable bonds is 10. The molecule has 0 fully saturated rings. The molecule has 2 atom stereocenters. The molecule has 0 heterocycles. The van der Waals surface area contributed by atoms with Crippen LogP contribution in [0.3, 0.4) is 0 Å². The fourth-order valence-electron chi connectivity index (χ4n) is 3.27. The van der Waals surface area contributed by atoms with E-state index in [1.807, 2.05) is 84.9 Å². The van der Waals surface area contributed by atoms with Crippen molar-refractivity contribution in [2.75, 3.05) is 13.7 Å². The van der Waals surface area contributed by atoms with E-state index in [4.69, 9.17) is 15.2 Å². The summed E-state index contributed by atoms with van der Waals surface area (Å²) in [7, 11) is 1.27. The molecule has 6 heteroatoms. The van der Waals surface area contributed by atoms with Crippen LogP contribution in [0, 0.1) is 0 Å². The van der Waals surface area contributed by atoms with Crippen molar-refractivity contribution in [2.45, 2.75) is 25.1 Å². The van der Waals surface area contributed by atoms with Crippen molar-refractivity contribution < 1.29 is 19.1 Å². The molecule has 1 amide bonds. The molecule has 0 aliphatic heterocycles. The fourth-order valence-corrected chi connectivity index (χ4v) is 3.27. The van der Waals surface area contributed by atoms with Gasteiger partial charge in [0, 0.05) is 0 Å². The number of nitrogens with two attached hydrogens (primary N) is 1. The zero-order chi connectivity index (χ0) is 22.8. The average molecular weight is 433 g/mol. The van der Waals surface area contributed by atoms with E-state index in [0.717, 1.165) is 22.3 Å². The molecular weight excluding hydrogens is 404 g/mol. The number of amides is 1. The number of esters is 1. The lowest BCUT2D eigenvalue weighted by atomic mass is 10.0. The predicted octanol–water partition coefficient (Wildman–Crippen LogP) is 3.10. The van der Waals surface area contributed by atoms with Gasteiger partial charge in [-0.25, -0.2) is 4.79 Å². The van der Waals surface area contributed by atoms with Crippen LogP contribution in [0.15, 0.2) is 84.9 Å². The lowest BCUT2D eigenvalue weighted by Crippen LogP contribution is -2.51. The van der Waals surface area contributed by atoms with E-state index >= 15 is 0 Å². The summed E-state index contributed by atoms with van der Waals surface area (Å²) in [5.74, 6) is -1.01. The molecule has 0 saturated carbocycles. The second-order valence-electron chi connectivity index (χ2n) is 7.46. The first-order chi connectivity index (χ1) is 15.6. The summed E-state index contributed by atoms with van der Waals surface area (Å²) in [6, 6.07) is 25.8. The van der Waals surface area contributed by atoms with E-state index < -0.39 is 24.0 Å². The molecule has 0 aliphatic carbocycles. The van der Waals surface area contributed by atoms with Gasteiger partial charge in [-0.05, 0) is 28.7 Å². The van der Waals surface area contributed by atoms with E-state index in [9.17, 15) is 9.59 Å². The highest BCUT2D eigenvalue weighted by Crippen LogP contribution is 2.19. The van der Waals surface area contributed by atoms with Gasteiger partial charge in [0.1, 0.15) is 0 Å². The third kappa shape index (κ3) is 6.77. The van der Waals surface area contributed by atoms with Crippen LogP contribution >= 0.6 is 0 Å². The van der Waals surface area contributed by atoms with Crippen molar-refractivity contribution in [3.63, 3.8) is 0 Å². The molecule has 0 spiro atoms. The van der Waals surface area contributed by atoms with Crippen LogP contribution in [-0.4, -0.2) is 37.7 Å². The molecule has 0 aliphatic rings. The highest BCUT2D eigenvalue weighted by atomic mass is 16.5. The van der Waals surface area contributed by atoms with Gasteiger partial charge < -0.3 is 20.5 Å². The molecule has 0 radical (unpaired) electrons.